The molecule has 0 atom stereocenters. The first-order valence-electron chi connectivity index (χ1n) is 26.9. The molecule has 0 heterocycles. The minimum absolute atomic E-state index is 0. The second-order valence-corrected chi connectivity index (χ2v) is 27.6. The largest absolute Gasteiger partial charge is 0.383 e. The Morgan fingerprint density at radius 3 is 1.03 bits per heavy atom. The summed E-state index contributed by atoms with van der Waals surface area (Å²) in [7, 11) is 0. The second kappa shape index (κ2) is 40.7. The van der Waals surface area contributed by atoms with Crippen LogP contribution in [0.2, 0.25) is 16.9 Å². The molecule has 0 unspecified atom stereocenters. The Hall–Kier alpha value is -2.80. The number of hydrogen-bond donors (Lipinski definition) is 0. The van der Waals surface area contributed by atoms with Gasteiger partial charge in [-0.2, -0.15) is 0 Å². The highest BCUT2D eigenvalue weighted by Crippen LogP contribution is 2.14. The fourth-order valence-electron chi connectivity index (χ4n) is 8.51. The second-order valence-electron chi connectivity index (χ2n) is 19.0. The van der Waals surface area contributed by atoms with Gasteiger partial charge in [-0.25, -0.2) is 0 Å². The Morgan fingerprint density at radius 2 is 0.714 bits per heavy atom. The van der Waals surface area contributed by atoms with Crippen LogP contribution in [0.1, 0.15) is 129 Å². The molecule has 0 aliphatic heterocycles. The summed E-state index contributed by atoms with van der Waals surface area (Å²) in [5.41, 5.74) is 4.20. The van der Waals surface area contributed by atoms with Crippen LogP contribution in [0.25, 0.3) is 0 Å². The highest BCUT2D eigenvalue weighted by Gasteiger charge is 2.24. The van der Waals surface area contributed by atoms with Crippen molar-refractivity contribution in [2.24, 2.45) is 0 Å². The van der Waals surface area contributed by atoms with Crippen molar-refractivity contribution in [2.45, 2.75) is 147 Å². The molecule has 0 amide bonds. The zero-order valence-electron chi connectivity index (χ0n) is 44.4. The van der Waals surface area contributed by atoms with Crippen LogP contribution >= 0.6 is 0 Å². The zero-order chi connectivity index (χ0) is 50.3. The molecule has 0 aliphatic carbocycles. The monoisotopic (exact) mass is 1000 g/mol. The Morgan fingerprint density at radius 1 is 0.386 bits per heavy atom. The van der Waals surface area contributed by atoms with Gasteiger partial charge >= 0.3 is 14.1 Å². The van der Waals surface area contributed by atoms with E-state index in [1.165, 1.54) is 151 Å². The lowest BCUT2D eigenvalue weighted by atomic mass is 10.0. The average Bonchev–Trinajstić information content (AvgIpc) is 3.39. The van der Waals surface area contributed by atoms with Crippen LogP contribution < -0.4 is 31.0 Å². The molecule has 0 spiro atoms. The maximum atomic E-state index is 2.83. The van der Waals surface area contributed by atoms with E-state index < -0.39 is 28.3 Å². The van der Waals surface area contributed by atoms with Crippen LogP contribution in [0.3, 0.4) is 0 Å². The van der Waals surface area contributed by atoms with E-state index in [1.54, 1.807) is 4.43 Å². The highest BCUT2D eigenvalue weighted by atomic mass is 27.2. The maximum absolute atomic E-state index is 2.83. The van der Waals surface area contributed by atoms with Gasteiger partial charge in [0, 0.05) is 2.85 Å². The number of unbranched alkanes of at least 4 members (excludes halogenated alkanes) is 15. The predicted octanol–water partition coefficient (Wildman–Crippen LogP) is 13.9. The van der Waals surface area contributed by atoms with Crippen LogP contribution in [0, 0.1) is 20.8 Å². The molecule has 70 heavy (non-hydrogen) atoms. The average molecular weight is 1000 g/mol. The highest BCUT2D eigenvalue weighted by molar-refractivity contribution is 6.95. The first-order chi connectivity index (χ1) is 34.2. The first kappa shape index (κ1) is 61.5. The summed E-state index contributed by atoms with van der Waals surface area (Å²) in [6, 6.07) is 69.0. The van der Waals surface area contributed by atoms with Crippen molar-refractivity contribution in [2.75, 3.05) is 0 Å². The van der Waals surface area contributed by atoms with Crippen molar-refractivity contribution in [3.8, 4) is 0 Å². The van der Waals surface area contributed by atoms with Crippen LogP contribution in [-0.2, 0) is 0 Å². The molecule has 0 nitrogen and oxygen atoms in total. The lowest BCUT2D eigenvalue weighted by Gasteiger charge is -2.13. The predicted molar refractivity (Wildman–Crippen MR) is 326 cm³/mol. The molecule has 7 rings (SSSR count). The lowest BCUT2D eigenvalue weighted by molar-refractivity contribution is 0.531. The number of aryl methyl sites for hydroxylation is 2. The van der Waals surface area contributed by atoms with Gasteiger partial charge in [0.2, 0.25) is 0 Å². The molecule has 0 saturated carbocycles. The Labute approximate surface area is 463 Å². The lowest BCUT2D eigenvalue weighted by Crippen LogP contribution is -2.51. The van der Waals surface area contributed by atoms with Crippen LogP contribution in [-0.4, -0.2) is 76.1 Å². The van der Waals surface area contributed by atoms with E-state index in [0.29, 0.717) is 0 Å². The molecule has 7 aromatic carbocycles. The van der Waals surface area contributed by atoms with Gasteiger partial charge in [-0.15, -0.1) is 34.6 Å². The molecular formula is C65H88Al5. The summed E-state index contributed by atoms with van der Waals surface area (Å²) in [6.07, 6.45) is 23.4. The van der Waals surface area contributed by atoms with E-state index in [9.17, 15) is 0 Å². The molecule has 0 aliphatic rings. The van der Waals surface area contributed by atoms with Gasteiger partial charge in [0.05, 0.1) is 0 Å². The number of rotatable bonds is 22. The summed E-state index contributed by atoms with van der Waals surface area (Å²) in [4.78, 5) is 0. The van der Waals surface area contributed by atoms with Gasteiger partial charge in [-0.3, -0.25) is 0 Å². The van der Waals surface area contributed by atoms with Gasteiger partial charge in [-0.05, 0) is 26.3 Å². The minimum atomic E-state index is -1.31. The zero-order valence-corrected chi connectivity index (χ0v) is 50.2. The van der Waals surface area contributed by atoms with Crippen LogP contribution in [0.15, 0.2) is 194 Å². The summed E-state index contributed by atoms with van der Waals surface area (Å²) in [5, 5.41) is 1.29. The van der Waals surface area contributed by atoms with E-state index in [1.807, 2.05) is 0 Å². The van der Waals surface area contributed by atoms with E-state index in [-0.39, 0.29) is 18.1 Å². The maximum Gasteiger partial charge on any atom is 0.383 e. The van der Waals surface area contributed by atoms with Gasteiger partial charge in [0.1, 0.15) is 16.3 Å². The third-order valence-corrected chi connectivity index (χ3v) is 20.4. The van der Waals surface area contributed by atoms with Crippen molar-refractivity contribution < 1.29 is 2.85 Å². The fourth-order valence-corrected chi connectivity index (χ4v) is 14.8. The Kier molecular flexibility index (Phi) is 35.7. The SMILES string of the molecule is CCCCCCCCCCCCCCCCC[CH2][Al].Cc1ccc[c]([Al])c1C.Cc1cccc[c]1[Al]([CH3])[CH3].[HH].[HH].c1cc[c]([Al]([c]2ccccc2)[c]2ccccc2)cc1.c1cc[c]([Al][c]2ccccc2)cc1. The van der Waals surface area contributed by atoms with Gasteiger partial charge in [0.25, 0.3) is 29.4 Å². The summed E-state index contributed by atoms with van der Waals surface area (Å²) in [5.74, 6) is 4.73. The van der Waals surface area contributed by atoms with Crippen molar-refractivity contribution in [1.82, 2.24) is 0 Å². The van der Waals surface area contributed by atoms with Gasteiger partial charge in [-0.1, -0.05) is 328 Å². The van der Waals surface area contributed by atoms with Crippen LogP contribution in [0.5, 0.6) is 0 Å². The molecule has 363 valence electrons. The van der Waals surface area contributed by atoms with Crippen molar-refractivity contribution in [3.05, 3.63) is 211 Å². The molecule has 5 radical (unpaired) electrons. The molecule has 5 heteroatoms. The van der Waals surface area contributed by atoms with Crippen molar-refractivity contribution in [1.29, 1.82) is 0 Å². The third kappa shape index (κ3) is 27.9. The third-order valence-electron chi connectivity index (χ3n) is 12.8. The molecule has 0 fully saturated rings. The standard InChI is InChI=1S/C18H37.C8H9.C7H7.5C6H5.2CH3.5Al.2H2/c1-3-5-7-9-11-13-15-17-18-16-14-12-10-8-6-4-2;1-7-5-3-4-6-8(7)2;1-7-5-3-2-4-6-7;5*1-2-4-6-5-3-1;;;;;;;;;/h1,3-18H2,2H3;3-5H,1-2H3;2-5H,1H3;5*1-5H;2*1H3;;;;;;2*1H. The van der Waals surface area contributed by atoms with Crippen LogP contribution in [0.4, 0.5) is 0 Å². The number of hydrogen-bond acceptors (Lipinski definition) is 0. The van der Waals surface area contributed by atoms with Crippen molar-refractivity contribution >= 4 is 107 Å². The molecule has 0 bridgehead atoms. The quantitative estimate of drug-likeness (QED) is 0.0469. The minimum Gasteiger partial charge on any atom is -0.136 e. The molecule has 0 N–H and O–H groups in total. The summed E-state index contributed by atoms with van der Waals surface area (Å²) >= 11 is 3.94. The van der Waals surface area contributed by atoms with E-state index in [0.717, 1.165) is 0 Å². The van der Waals surface area contributed by atoms with E-state index >= 15 is 0 Å². The Bertz CT molecular complexity index is 2110. The van der Waals surface area contributed by atoms with E-state index in [2.05, 4.69) is 266 Å². The smallest absolute Gasteiger partial charge is 0.136 e. The van der Waals surface area contributed by atoms with Crippen molar-refractivity contribution in [3.63, 3.8) is 0 Å². The molecule has 0 saturated heterocycles. The Balaban J connectivity index is 0.000000460. The van der Waals surface area contributed by atoms with Gasteiger partial charge < -0.3 is 0 Å². The normalized spacial score (nSPS) is 10.1. The fraction of sp³-hybridized carbons (Fsp3) is 0.354. The topological polar surface area (TPSA) is 0 Å². The van der Waals surface area contributed by atoms with Gasteiger partial charge in [0.15, 0.2) is 16.3 Å². The molecular weight excluding hydrogens is 916 g/mol. The van der Waals surface area contributed by atoms with E-state index in [4.69, 9.17) is 0 Å². The summed E-state index contributed by atoms with van der Waals surface area (Å²) < 4.78 is 10.2. The molecule has 7 aromatic rings. The molecule has 0 aromatic heterocycles. The number of benzene rings is 7. The summed E-state index contributed by atoms with van der Waals surface area (Å²) in [6.45, 7) is 8.76. The first-order valence-corrected chi connectivity index (χ1v) is 34.1.